The molecule has 0 aliphatic heterocycles. The Bertz CT molecular complexity index is 641. The van der Waals surface area contributed by atoms with Crippen molar-refractivity contribution in [1.82, 2.24) is 10.3 Å². The molecule has 3 nitrogen and oxygen atoms in total. The predicted molar refractivity (Wildman–Crippen MR) is 92.2 cm³/mol. The molecule has 22 heavy (non-hydrogen) atoms. The largest absolute Gasteiger partial charge is 0.352 e. The summed E-state index contributed by atoms with van der Waals surface area (Å²) in [7, 11) is 0. The van der Waals surface area contributed by atoms with Gasteiger partial charge in [0.25, 0.3) is 0 Å². The molecule has 4 heteroatoms. The monoisotopic (exact) mass is 316 g/mol. The lowest BCUT2D eigenvalue weighted by Crippen LogP contribution is -2.23. The highest BCUT2D eigenvalue weighted by atomic mass is 32.1. The van der Waals surface area contributed by atoms with Crippen molar-refractivity contribution in [2.24, 2.45) is 0 Å². The summed E-state index contributed by atoms with van der Waals surface area (Å²) in [5.41, 5.74) is 3.55. The summed E-state index contributed by atoms with van der Waals surface area (Å²) in [5, 5.41) is 6.12. The topological polar surface area (TPSA) is 42.0 Å². The van der Waals surface area contributed by atoms with Gasteiger partial charge in [-0.2, -0.15) is 0 Å². The minimum absolute atomic E-state index is 0.0713. The van der Waals surface area contributed by atoms with Gasteiger partial charge in [0.15, 0.2) is 0 Å². The molecule has 0 fully saturated rings. The van der Waals surface area contributed by atoms with Crippen molar-refractivity contribution in [2.45, 2.75) is 52.5 Å². The number of hydrogen-bond acceptors (Lipinski definition) is 3. The van der Waals surface area contributed by atoms with Gasteiger partial charge in [-0.15, -0.1) is 11.3 Å². The third-order valence-electron chi connectivity index (χ3n) is 3.62. The normalized spacial score (nSPS) is 11.5. The predicted octanol–water partition coefficient (Wildman–Crippen LogP) is 4.00. The molecule has 0 bridgehead atoms. The van der Waals surface area contributed by atoms with Gasteiger partial charge in [-0.25, -0.2) is 4.98 Å². The summed E-state index contributed by atoms with van der Waals surface area (Å²) >= 11 is 1.64. The minimum Gasteiger partial charge on any atom is -0.352 e. The number of aromatic nitrogens is 1. The second-order valence-corrected chi connectivity index (χ2v) is 7.52. The number of nitrogens with one attached hydrogen (secondary N) is 1. The Morgan fingerprint density at radius 1 is 1.27 bits per heavy atom. The lowest BCUT2D eigenvalue weighted by atomic mass is 9.93. The Kier molecular flexibility index (Phi) is 5.35. The van der Waals surface area contributed by atoms with Crippen molar-refractivity contribution in [2.75, 3.05) is 0 Å². The summed E-state index contributed by atoms with van der Waals surface area (Å²) in [6, 6.07) is 8.12. The third kappa shape index (κ3) is 4.67. The van der Waals surface area contributed by atoms with Crippen molar-refractivity contribution >= 4 is 17.2 Å². The first-order valence-electron chi connectivity index (χ1n) is 7.62. The maximum atomic E-state index is 12.0. The zero-order valence-corrected chi connectivity index (χ0v) is 14.6. The second kappa shape index (κ2) is 7.05. The van der Waals surface area contributed by atoms with Gasteiger partial charge in [-0.3, -0.25) is 4.79 Å². The van der Waals surface area contributed by atoms with Gasteiger partial charge in [-0.1, -0.05) is 45.0 Å². The molecule has 1 amide bonds. The Balaban J connectivity index is 1.81. The fraction of sp³-hybridized carbons (Fsp3) is 0.444. The lowest BCUT2D eigenvalue weighted by molar-refractivity contribution is -0.121. The molecule has 0 aliphatic rings. The molecule has 0 aliphatic carbocycles. The number of amides is 1. The van der Waals surface area contributed by atoms with E-state index in [1.807, 2.05) is 18.2 Å². The summed E-state index contributed by atoms with van der Waals surface area (Å²) < 4.78 is 0. The van der Waals surface area contributed by atoms with Gasteiger partial charge in [0.05, 0.1) is 10.7 Å². The number of aryl methyl sites for hydroxylation is 2. The number of benzene rings is 1. The summed E-state index contributed by atoms with van der Waals surface area (Å²) in [6.07, 6.45) is 1.20. The molecule has 0 saturated heterocycles. The molecule has 0 radical (unpaired) electrons. The van der Waals surface area contributed by atoms with Crippen molar-refractivity contribution < 1.29 is 4.79 Å². The molecular formula is C18H24N2OS. The molecule has 2 aromatic rings. The SMILES string of the molecule is Cc1ccccc1CNC(=O)CCc1nc(C(C)(C)C)cs1. The summed E-state index contributed by atoms with van der Waals surface area (Å²) in [4.78, 5) is 16.6. The van der Waals surface area contributed by atoms with Crippen LogP contribution in [0.25, 0.3) is 0 Å². The van der Waals surface area contributed by atoms with Crippen LogP contribution in [0.2, 0.25) is 0 Å². The molecule has 1 aromatic carbocycles. The fourth-order valence-corrected chi connectivity index (χ4v) is 3.11. The van der Waals surface area contributed by atoms with E-state index < -0.39 is 0 Å². The highest BCUT2D eigenvalue weighted by molar-refractivity contribution is 7.09. The number of thiazole rings is 1. The fourth-order valence-electron chi connectivity index (χ4n) is 2.08. The van der Waals surface area contributed by atoms with Crippen molar-refractivity contribution in [3.63, 3.8) is 0 Å². The molecule has 118 valence electrons. The first-order valence-corrected chi connectivity index (χ1v) is 8.50. The van der Waals surface area contributed by atoms with Crippen LogP contribution in [0.15, 0.2) is 29.6 Å². The van der Waals surface area contributed by atoms with Crippen LogP contribution in [0.3, 0.4) is 0 Å². The second-order valence-electron chi connectivity index (χ2n) is 6.58. The van der Waals surface area contributed by atoms with E-state index in [0.717, 1.165) is 10.7 Å². The van der Waals surface area contributed by atoms with Crippen molar-refractivity contribution in [1.29, 1.82) is 0 Å². The van der Waals surface area contributed by atoms with E-state index in [9.17, 15) is 4.79 Å². The van der Waals surface area contributed by atoms with Gasteiger partial charge in [0.1, 0.15) is 0 Å². The van der Waals surface area contributed by atoms with Gasteiger partial charge < -0.3 is 5.32 Å². The number of carbonyl (C=O) groups is 1. The van der Waals surface area contributed by atoms with Crippen LogP contribution in [0.4, 0.5) is 0 Å². The van der Waals surface area contributed by atoms with Crippen LogP contribution in [-0.2, 0) is 23.2 Å². The van der Waals surface area contributed by atoms with E-state index in [2.05, 4.69) is 49.4 Å². The average Bonchev–Trinajstić information content (AvgIpc) is 2.93. The van der Waals surface area contributed by atoms with Crippen LogP contribution in [0.5, 0.6) is 0 Å². The van der Waals surface area contributed by atoms with E-state index in [1.54, 1.807) is 11.3 Å². The van der Waals surface area contributed by atoms with Gasteiger partial charge in [0, 0.05) is 30.2 Å². The maximum Gasteiger partial charge on any atom is 0.220 e. The Labute approximate surface area is 136 Å². The highest BCUT2D eigenvalue weighted by Gasteiger charge is 2.17. The van der Waals surface area contributed by atoms with Gasteiger partial charge in [0.2, 0.25) is 5.91 Å². The zero-order valence-electron chi connectivity index (χ0n) is 13.8. The number of hydrogen-bond donors (Lipinski definition) is 1. The van der Waals surface area contributed by atoms with E-state index >= 15 is 0 Å². The maximum absolute atomic E-state index is 12.0. The zero-order chi connectivity index (χ0) is 16.2. The number of nitrogens with zero attached hydrogens (tertiary/aromatic N) is 1. The van der Waals surface area contributed by atoms with Crippen LogP contribution in [0.1, 0.15) is 49.0 Å². The lowest BCUT2D eigenvalue weighted by Gasteiger charge is -2.14. The van der Waals surface area contributed by atoms with E-state index in [-0.39, 0.29) is 11.3 Å². The quantitative estimate of drug-likeness (QED) is 0.906. The molecule has 0 atom stereocenters. The molecule has 1 N–H and O–H groups in total. The third-order valence-corrected chi connectivity index (χ3v) is 4.53. The minimum atomic E-state index is 0.0713. The van der Waals surface area contributed by atoms with Crippen molar-refractivity contribution in [3.05, 3.63) is 51.5 Å². The molecular weight excluding hydrogens is 292 g/mol. The van der Waals surface area contributed by atoms with Gasteiger partial charge >= 0.3 is 0 Å². The summed E-state index contributed by atoms with van der Waals surface area (Å²) in [5.74, 6) is 0.0794. The molecule has 0 saturated carbocycles. The number of carbonyl (C=O) groups excluding carboxylic acids is 1. The Morgan fingerprint density at radius 2 is 2.00 bits per heavy atom. The first kappa shape index (κ1) is 16.7. The smallest absolute Gasteiger partial charge is 0.220 e. The van der Waals surface area contributed by atoms with Crippen LogP contribution >= 0.6 is 11.3 Å². The highest BCUT2D eigenvalue weighted by Crippen LogP contribution is 2.24. The van der Waals surface area contributed by atoms with Gasteiger partial charge in [-0.05, 0) is 18.1 Å². The standard InChI is InChI=1S/C18H24N2OS/c1-13-7-5-6-8-14(13)11-19-16(21)9-10-17-20-15(12-22-17)18(2,3)4/h5-8,12H,9-11H2,1-4H3,(H,19,21). The molecule has 1 heterocycles. The van der Waals surface area contributed by atoms with Crippen molar-refractivity contribution in [3.8, 4) is 0 Å². The van der Waals surface area contributed by atoms with E-state index in [4.69, 9.17) is 0 Å². The van der Waals surface area contributed by atoms with E-state index in [1.165, 1.54) is 11.1 Å². The number of rotatable bonds is 5. The van der Waals surface area contributed by atoms with Crippen LogP contribution < -0.4 is 5.32 Å². The van der Waals surface area contributed by atoms with Crippen LogP contribution in [0, 0.1) is 6.92 Å². The van der Waals surface area contributed by atoms with E-state index in [0.29, 0.717) is 19.4 Å². The Hall–Kier alpha value is -1.68. The Morgan fingerprint density at radius 3 is 2.64 bits per heavy atom. The molecule has 0 unspecified atom stereocenters. The molecule has 0 spiro atoms. The summed E-state index contributed by atoms with van der Waals surface area (Å²) in [6.45, 7) is 9.11. The first-order chi connectivity index (χ1) is 10.4. The molecule has 2 rings (SSSR count). The molecule has 1 aromatic heterocycles. The average molecular weight is 316 g/mol. The van der Waals surface area contributed by atoms with Crippen LogP contribution in [-0.4, -0.2) is 10.9 Å².